The van der Waals surface area contributed by atoms with Crippen molar-refractivity contribution in [2.45, 2.75) is 6.92 Å². The summed E-state index contributed by atoms with van der Waals surface area (Å²) in [5, 5.41) is 10.1. The van der Waals surface area contributed by atoms with Gasteiger partial charge in [0.2, 0.25) is 5.65 Å². The van der Waals surface area contributed by atoms with Crippen LogP contribution < -0.4 is 0 Å². The lowest BCUT2D eigenvalue weighted by Crippen LogP contribution is -1.84. The highest BCUT2D eigenvalue weighted by Crippen LogP contribution is 2.04. The maximum Gasteiger partial charge on any atom is 0.204 e. The smallest absolute Gasteiger partial charge is 0.204 e. The van der Waals surface area contributed by atoms with E-state index >= 15 is 0 Å². The Hall–Kier alpha value is -1.52. The van der Waals surface area contributed by atoms with Crippen molar-refractivity contribution in [1.82, 2.24) is 25.4 Å². The van der Waals surface area contributed by atoms with Crippen LogP contribution in [0, 0.1) is 6.92 Å². The molecule has 0 fully saturated rings. The first-order valence-electron chi connectivity index (χ1n) is 2.86. The molecule has 2 aromatic rings. The highest BCUT2D eigenvalue weighted by atomic mass is 15.3. The largest absolute Gasteiger partial charge is 0.239 e. The minimum Gasteiger partial charge on any atom is -0.239 e. The fourth-order valence-electron chi connectivity index (χ4n) is 0.789. The Morgan fingerprint density at radius 2 is 2.30 bits per heavy atom. The summed E-state index contributed by atoms with van der Waals surface area (Å²) in [5.74, 6) is 0. The maximum atomic E-state index is 3.95. The van der Waals surface area contributed by atoms with Crippen molar-refractivity contribution >= 4 is 11.2 Å². The second kappa shape index (κ2) is 1.73. The topological polar surface area (TPSA) is 67.3 Å². The number of rotatable bonds is 0. The number of aromatic amines is 1. The molecule has 2 rings (SSSR count). The van der Waals surface area contributed by atoms with Crippen molar-refractivity contribution in [3.05, 3.63) is 12.0 Å². The summed E-state index contributed by atoms with van der Waals surface area (Å²) in [5.41, 5.74) is 2.20. The number of nitrogens with zero attached hydrogens (tertiary/aromatic N) is 4. The van der Waals surface area contributed by atoms with Gasteiger partial charge in [0.15, 0.2) is 5.52 Å². The Balaban J connectivity index is 0.000000605. The molecule has 5 nitrogen and oxygen atoms in total. The van der Waals surface area contributed by atoms with Crippen molar-refractivity contribution in [3.8, 4) is 0 Å². The van der Waals surface area contributed by atoms with E-state index in [2.05, 4.69) is 25.4 Å². The molecule has 52 valence electrons. The lowest BCUT2D eigenvalue weighted by molar-refractivity contribution is 0.954. The number of hydrogen-bond acceptors (Lipinski definition) is 4. The van der Waals surface area contributed by atoms with E-state index in [4.69, 9.17) is 0 Å². The number of nitrogens with one attached hydrogen (secondary N) is 1. The molecule has 0 saturated carbocycles. The molecule has 5 heteroatoms. The van der Waals surface area contributed by atoms with Crippen LogP contribution in [0.4, 0.5) is 0 Å². The monoisotopic (exact) mass is 137 g/mol. The van der Waals surface area contributed by atoms with Gasteiger partial charge in [0.05, 0.1) is 5.69 Å². The molecular weight excluding hydrogens is 130 g/mol. The third-order valence-electron chi connectivity index (χ3n) is 1.30. The quantitative estimate of drug-likeness (QED) is 0.567. The van der Waals surface area contributed by atoms with Gasteiger partial charge in [-0.05, 0) is 6.92 Å². The van der Waals surface area contributed by atoms with Crippen molar-refractivity contribution in [2.75, 3.05) is 0 Å². The average molecular weight is 137 g/mol. The second-order valence-electron chi connectivity index (χ2n) is 1.95. The van der Waals surface area contributed by atoms with Gasteiger partial charge in [-0.15, -0.1) is 5.10 Å². The Morgan fingerprint density at radius 3 is 3.10 bits per heavy atom. The molecule has 0 bridgehead atoms. The second-order valence-corrected chi connectivity index (χ2v) is 1.95. The van der Waals surface area contributed by atoms with Crippen molar-refractivity contribution in [3.63, 3.8) is 0 Å². The minimum atomic E-state index is 0. The fraction of sp³-hybridized carbons (Fsp3) is 0.200. The molecule has 0 saturated heterocycles. The van der Waals surface area contributed by atoms with E-state index in [0.717, 1.165) is 11.2 Å². The van der Waals surface area contributed by atoms with Crippen LogP contribution in [0.25, 0.3) is 11.2 Å². The highest BCUT2D eigenvalue weighted by molar-refractivity contribution is 5.70. The van der Waals surface area contributed by atoms with E-state index in [1.165, 1.54) is 6.33 Å². The highest BCUT2D eigenvalue weighted by Gasteiger charge is 2.00. The molecule has 10 heavy (non-hydrogen) atoms. The van der Waals surface area contributed by atoms with Crippen LogP contribution in [-0.2, 0) is 0 Å². The van der Waals surface area contributed by atoms with Gasteiger partial charge in [-0.1, -0.05) is 0 Å². The molecular formula is C5H7N5. The number of hydrogen-bond donors (Lipinski definition) is 1. The van der Waals surface area contributed by atoms with Gasteiger partial charge in [0.1, 0.15) is 6.33 Å². The summed E-state index contributed by atoms with van der Waals surface area (Å²) in [6, 6.07) is 0. The van der Waals surface area contributed by atoms with Gasteiger partial charge in [0, 0.05) is 1.43 Å². The molecule has 0 amide bonds. The van der Waals surface area contributed by atoms with Crippen LogP contribution in [0.5, 0.6) is 0 Å². The van der Waals surface area contributed by atoms with Crippen LogP contribution in [0.2, 0.25) is 0 Å². The molecule has 0 aliphatic carbocycles. The minimum absolute atomic E-state index is 0. The molecule has 0 aliphatic rings. The van der Waals surface area contributed by atoms with Crippen molar-refractivity contribution in [1.29, 1.82) is 0 Å². The Labute approximate surface area is 58.0 Å². The normalized spacial score (nSPS) is 10.5. The number of H-pyrrole nitrogens is 1. The Kier molecular flexibility index (Phi) is 0.913. The summed E-state index contributed by atoms with van der Waals surface area (Å²) in [6.07, 6.45) is 1.47. The molecule has 2 aromatic heterocycles. The molecule has 0 aromatic carbocycles. The first-order valence-corrected chi connectivity index (χ1v) is 2.86. The summed E-state index contributed by atoms with van der Waals surface area (Å²) >= 11 is 0. The molecule has 0 radical (unpaired) electrons. The standard InChI is InChI=1S/C5H5N5.H2/c1-3-4-5(7-2-6-3)9-10-8-4;/h2H,1H3,(H,6,7,8,9,10);1H. The number of aryl methyl sites for hydroxylation is 1. The van der Waals surface area contributed by atoms with E-state index in [1.807, 2.05) is 6.92 Å². The third-order valence-corrected chi connectivity index (χ3v) is 1.30. The van der Waals surface area contributed by atoms with Crippen LogP contribution in [-0.4, -0.2) is 25.4 Å². The first-order chi connectivity index (χ1) is 4.88. The van der Waals surface area contributed by atoms with Gasteiger partial charge < -0.3 is 0 Å². The van der Waals surface area contributed by atoms with Gasteiger partial charge >= 0.3 is 0 Å². The summed E-state index contributed by atoms with van der Waals surface area (Å²) in [4.78, 5) is 7.83. The van der Waals surface area contributed by atoms with E-state index in [0.29, 0.717) is 5.65 Å². The summed E-state index contributed by atoms with van der Waals surface area (Å²) < 4.78 is 0. The lowest BCUT2D eigenvalue weighted by atomic mass is 10.4. The maximum absolute atomic E-state index is 3.95. The first kappa shape index (κ1) is 5.28. The zero-order chi connectivity index (χ0) is 6.97. The zero-order valence-electron chi connectivity index (χ0n) is 5.37. The zero-order valence-corrected chi connectivity index (χ0v) is 5.37. The number of fused-ring (bicyclic) bond motifs is 1. The van der Waals surface area contributed by atoms with Crippen LogP contribution >= 0.6 is 0 Å². The number of aromatic nitrogens is 5. The predicted molar refractivity (Wildman–Crippen MR) is 36.3 cm³/mol. The SMILES string of the molecule is Cc1ncnc2n[nH]nc12.[HH]. The lowest BCUT2D eigenvalue weighted by Gasteiger charge is -1.86. The summed E-state index contributed by atoms with van der Waals surface area (Å²) in [7, 11) is 0. The van der Waals surface area contributed by atoms with E-state index in [-0.39, 0.29) is 1.43 Å². The van der Waals surface area contributed by atoms with Crippen molar-refractivity contribution in [2.24, 2.45) is 0 Å². The van der Waals surface area contributed by atoms with E-state index in [9.17, 15) is 0 Å². The fourth-order valence-corrected chi connectivity index (χ4v) is 0.789. The molecule has 2 heterocycles. The molecule has 0 aliphatic heterocycles. The van der Waals surface area contributed by atoms with Gasteiger partial charge in [-0.3, -0.25) is 0 Å². The van der Waals surface area contributed by atoms with E-state index in [1.54, 1.807) is 0 Å². The Bertz CT molecular complexity index is 356. The predicted octanol–water partition coefficient (Wildman–Crippen LogP) is 0.302. The Morgan fingerprint density at radius 1 is 1.40 bits per heavy atom. The third kappa shape index (κ3) is 0.570. The van der Waals surface area contributed by atoms with Gasteiger partial charge in [-0.25, -0.2) is 9.97 Å². The van der Waals surface area contributed by atoms with Gasteiger partial charge in [-0.2, -0.15) is 10.3 Å². The summed E-state index contributed by atoms with van der Waals surface area (Å²) in [6.45, 7) is 1.87. The molecule has 1 N–H and O–H groups in total. The molecule has 0 unspecified atom stereocenters. The van der Waals surface area contributed by atoms with Crippen molar-refractivity contribution < 1.29 is 1.43 Å². The van der Waals surface area contributed by atoms with Crippen LogP contribution in [0.15, 0.2) is 6.33 Å². The van der Waals surface area contributed by atoms with Crippen LogP contribution in [0.1, 0.15) is 7.12 Å². The van der Waals surface area contributed by atoms with Gasteiger partial charge in [0.25, 0.3) is 0 Å². The molecule has 0 atom stereocenters. The van der Waals surface area contributed by atoms with E-state index < -0.39 is 0 Å². The average Bonchev–Trinajstić information content (AvgIpc) is 2.36. The molecule has 0 spiro atoms. The van der Waals surface area contributed by atoms with Crippen LogP contribution in [0.3, 0.4) is 0 Å².